The molecule has 0 atom stereocenters. The zero-order chi connectivity index (χ0) is 22.7. The van der Waals surface area contributed by atoms with E-state index in [4.69, 9.17) is 0 Å². The first-order valence-corrected chi connectivity index (χ1v) is 12.2. The third-order valence-corrected chi connectivity index (χ3v) is 6.78. The number of hydrogen-bond acceptors (Lipinski definition) is 2. The highest BCUT2D eigenvalue weighted by molar-refractivity contribution is 5.89. The number of pyridine rings is 2. The van der Waals surface area contributed by atoms with Crippen molar-refractivity contribution < 1.29 is 9.13 Å². The van der Waals surface area contributed by atoms with Crippen LogP contribution in [0.1, 0.15) is 24.0 Å². The number of hydrogen-bond donors (Lipinski definition) is 2. The number of fused-ring (bicyclic) bond motifs is 14. The van der Waals surface area contributed by atoms with Crippen molar-refractivity contribution in [3.8, 4) is 0 Å². The fourth-order valence-electron chi connectivity index (χ4n) is 5.07. The predicted octanol–water partition coefficient (Wildman–Crippen LogP) is 5.28. The predicted molar refractivity (Wildman–Crippen MR) is 139 cm³/mol. The van der Waals surface area contributed by atoms with Gasteiger partial charge in [-0.3, -0.25) is 0 Å². The normalized spacial score (nSPS) is 14.2. The Balaban J connectivity index is 1.43. The Morgan fingerprint density at radius 1 is 0.529 bits per heavy atom. The molecule has 4 heteroatoms. The maximum Gasteiger partial charge on any atom is 0.214 e. The van der Waals surface area contributed by atoms with Gasteiger partial charge in [0.05, 0.1) is 22.1 Å². The molecule has 6 rings (SSSR count). The molecule has 5 aromatic rings. The second-order valence-electron chi connectivity index (χ2n) is 9.13. The summed E-state index contributed by atoms with van der Waals surface area (Å²) in [4.78, 5) is 0. The summed E-state index contributed by atoms with van der Waals surface area (Å²) in [5, 5.41) is 9.91. The van der Waals surface area contributed by atoms with E-state index in [0.29, 0.717) is 0 Å². The monoisotopic (exact) mass is 446 g/mol. The smallest absolute Gasteiger partial charge is 0.214 e. The van der Waals surface area contributed by atoms with Gasteiger partial charge >= 0.3 is 0 Å². The minimum absolute atomic E-state index is 0.850. The second kappa shape index (κ2) is 9.14. The molecule has 2 aromatic heterocycles. The van der Waals surface area contributed by atoms with Crippen molar-refractivity contribution in [1.29, 1.82) is 0 Å². The zero-order valence-electron chi connectivity index (χ0n) is 19.4. The van der Waals surface area contributed by atoms with Gasteiger partial charge in [0.1, 0.15) is 0 Å². The lowest BCUT2D eigenvalue weighted by atomic mass is 10.1. The van der Waals surface area contributed by atoms with Crippen LogP contribution in [0.5, 0.6) is 0 Å². The van der Waals surface area contributed by atoms with Crippen LogP contribution < -0.4 is 19.8 Å². The lowest BCUT2D eigenvalue weighted by Crippen LogP contribution is -2.36. The van der Waals surface area contributed by atoms with Crippen molar-refractivity contribution >= 4 is 33.2 Å². The van der Waals surface area contributed by atoms with Gasteiger partial charge < -0.3 is 10.6 Å². The van der Waals surface area contributed by atoms with Crippen molar-refractivity contribution in [3.05, 3.63) is 108 Å². The molecule has 0 spiro atoms. The summed E-state index contributed by atoms with van der Waals surface area (Å²) in [6.45, 7) is 3.63. The molecule has 6 bridgehead atoms. The van der Waals surface area contributed by atoms with Crippen LogP contribution in [0, 0.1) is 0 Å². The van der Waals surface area contributed by atoms with E-state index in [9.17, 15) is 0 Å². The van der Waals surface area contributed by atoms with Gasteiger partial charge in [0.2, 0.25) is 11.0 Å². The number of rotatable bonds is 0. The first-order chi connectivity index (χ1) is 16.8. The molecule has 0 saturated heterocycles. The van der Waals surface area contributed by atoms with Gasteiger partial charge in [-0.25, -0.2) is 0 Å². The molecule has 0 aliphatic carbocycles. The Labute approximate surface area is 200 Å². The van der Waals surface area contributed by atoms with E-state index in [1.54, 1.807) is 0 Å². The second-order valence-corrected chi connectivity index (χ2v) is 9.13. The largest absolute Gasteiger partial charge is 0.384 e. The highest BCUT2D eigenvalue weighted by Crippen LogP contribution is 2.22. The number of aromatic nitrogens is 2. The molecule has 1 aliphatic heterocycles. The molecular formula is C30H30N4+2. The van der Waals surface area contributed by atoms with Crippen molar-refractivity contribution in [1.82, 2.24) is 0 Å². The Kier molecular flexibility index (Phi) is 5.56. The van der Waals surface area contributed by atoms with Crippen LogP contribution in [0.4, 0.5) is 11.4 Å². The molecule has 0 unspecified atom stereocenters. The Morgan fingerprint density at radius 3 is 1.56 bits per heavy atom. The summed E-state index contributed by atoms with van der Waals surface area (Å²) in [5.74, 6) is 0. The topological polar surface area (TPSA) is 31.8 Å². The van der Waals surface area contributed by atoms with Crippen LogP contribution in [-0.4, -0.2) is 13.1 Å². The van der Waals surface area contributed by atoms with Crippen LogP contribution in [0.2, 0.25) is 0 Å². The van der Waals surface area contributed by atoms with Gasteiger partial charge in [-0.15, -0.1) is 0 Å². The number of nitrogens with one attached hydrogen (secondary N) is 2. The van der Waals surface area contributed by atoms with Gasteiger partial charge in [-0.05, 0) is 31.0 Å². The summed E-state index contributed by atoms with van der Waals surface area (Å²) >= 11 is 0. The molecule has 3 aromatic carbocycles. The van der Waals surface area contributed by atoms with Crippen molar-refractivity contribution in [2.24, 2.45) is 0 Å². The molecule has 0 saturated carbocycles. The summed E-state index contributed by atoms with van der Waals surface area (Å²) in [5.41, 5.74) is 7.57. The Morgan fingerprint density at radius 2 is 1.03 bits per heavy atom. The maximum absolute atomic E-state index is 3.68. The average molecular weight is 447 g/mol. The van der Waals surface area contributed by atoms with Gasteiger partial charge in [0.15, 0.2) is 25.5 Å². The summed E-state index contributed by atoms with van der Waals surface area (Å²) in [6.07, 6.45) is 6.67. The number of anilines is 2. The minimum atomic E-state index is 0.850. The lowest BCUT2D eigenvalue weighted by Gasteiger charge is -2.11. The fourth-order valence-corrected chi connectivity index (χ4v) is 5.07. The minimum Gasteiger partial charge on any atom is -0.384 e. The Bertz CT molecular complexity index is 1370. The van der Waals surface area contributed by atoms with Crippen molar-refractivity contribution in [2.45, 2.75) is 25.9 Å². The van der Waals surface area contributed by atoms with E-state index in [1.165, 1.54) is 44.3 Å². The molecule has 3 heterocycles. The zero-order valence-corrected chi connectivity index (χ0v) is 19.4. The van der Waals surface area contributed by atoms with Gasteiger partial charge in [0.25, 0.3) is 0 Å². The quantitative estimate of drug-likeness (QED) is 0.317. The SMILES string of the molecule is c1cc2cc(c1)C[n+]1ccc(c3ccccc31)NCCCCNc1cc[n+](c3ccccc13)C2. The van der Waals surface area contributed by atoms with E-state index >= 15 is 0 Å². The lowest BCUT2D eigenvalue weighted by molar-refractivity contribution is -0.663. The van der Waals surface area contributed by atoms with Gasteiger partial charge in [-0.1, -0.05) is 42.5 Å². The summed E-state index contributed by atoms with van der Waals surface area (Å²) in [7, 11) is 0. The first kappa shape index (κ1) is 20.7. The van der Waals surface area contributed by atoms with Crippen molar-refractivity contribution in [3.63, 3.8) is 0 Å². The number of para-hydroxylation sites is 2. The average Bonchev–Trinajstić information content (AvgIpc) is 2.88. The molecule has 34 heavy (non-hydrogen) atoms. The standard InChI is InChI=1S/C30H28N4/c1-3-12-29-25(10-1)27-14-18-33(29)21-23-8-7-9-24(20-23)22-34-19-15-28(32-17-6-5-16-31-27)26-11-2-4-13-30(26)34/h1-4,7-15,18-20H,5-6,16-17,21-22H2/p+2. The van der Waals surface area contributed by atoms with Crippen LogP contribution >= 0.6 is 0 Å². The molecular weight excluding hydrogens is 416 g/mol. The first-order valence-electron chi connectivity index (χ1n) is 12.2. The molecule has 168 valence electrons. The van der Waals surface area contributed by atoms with Crippen molar-refractivity contribution in [2.75, 3.05) is 23.7 Å². The van der Waals surface area contributed by atoms with Crippen LogP contribution in [0.15, 0.2) is 97.3 Å². The van der Waals surface area contributed by atoms with Gasteiger partial charge in [-0.2, -0.15) is 9.13 Å². The maximum atomic E-state index is 3.68. The molecule has 2 N–H and O–H groups in total. The summed E-state index contributed by atoms with van der Waals surface area (Å²) < 4.78 is 4.71. The third-order valence-electron chi connectivity index (χ3n) is 6.78. The highest BCUT2D eigenvalue weighted by Gasteiger charge is 2.16. The molecule has 4 nitrogen and oxygen atoms in total. The van der Waals surface area contributed by atoms with E-state index < -0.39 is 0 Å². The van der Waals surface area contributed by atoms with E-state index in [-0.39, 0.29) is 0 Å². The van der Waals surface area contributed by atoms with E-state index in [2.05, 4.69) is 117 Å². The van der Waals surface area contributed by atoms with E-state index in [0.717, 1.165) is 39.0 Å². The van der Waals surface area contributed by atoms with Gasteiger partial charge in [0, 0.05) is 48.5 Å². The molecule has 0 radical (unpaired) electrons. The third kappa shape index (κ3) is 4.08. The van der Waals surface area contributed by atoms with Crippen LogP contribution in [-0.2, 0) is 13.1 Å². The molecule has 0 fully saturated rings. The van der Waals surface area contributed by atoms with Crippen LogP contribution in [0.25, 0.3) is 21.8 Å². The Hall–Kier alpha value is -3.92. The fraction of sp³-hybridized carbons (Fsp3) is 0.200. The summed E-state index contributed by atoms with van der Waals surface area (Å²) in [6, 6.07) is 30.8. The van der Waals surface area contributed by atoms with Crippen LogP contribution in [0.3, 0.4) is 0 Å². The van der Waals surface area contributed by atoms with E-state index in [1.807, 2.05) is 0 Å². The molecule has 1 aliphatic rings. The number of benzene rings is 3. The number of nitrogens with zero attached hydrogens (tertiary/aromatic N) is 2. The molecule has 0 amide bonds. The highest BCUT2D eigenvalue weighted by atomic mass is 15.0.